The molecule has 0 bridgehead atoms. The molecule has 1 aromatic heterocycles. The molecule has 0 saturated carbocycles. The Morgan fingerprint density at radius 2 is 1.80 bits per heavy atom. The summed E-state index contributed by atoms with van der Waals surface area (Å²) in [6.45, 7) is 4.15. The largest absolute Gasteiger partial charge is 0.339 e. The Balaban J connectivity index is 1.32. The normalized spacial score (nSPS) is 21.5. The standard InChI is InChI=1S/C22H27N3O3S2/c26-22(20-10-5-13-25(20)30(27,28)21-11-6-18-29-21)24-16-14-23(15-17-24)12-4-9-19-7-2-1-3-8-19/h1-4,6-9,11,18,20H,5,10,12-17H2/b9-4+. The lowest BCUT2D eigenvalue weighted by Gasteiger charge is -2.36. The number of amides is 1. The third-order valence-electron chi connectivity index (χ3n) is 5.70. The second-order valence-corrected chi connectivity index (χ2v) is 10.7. The summed E-state index contributed by atoms with van der Waals surface area (Å²) in [5.41, 5.74) is 1.18. The van der Waals surface area contributed by atoms with E-state index in [2.05, 4.69) is 29.2 Å². The van der Waals surface area contributed by atoms with E-state index in [0.29, 0.717) is 30.3 Å². The van der Waals surface area contributed by atoms with Gasteiger partial charge in [-0.2, -0.15) is 4.31 Å². The van der Waals surface area contributed by atoms with Crippen molar-refractivity contribution in [1.82, 2.24) is 14.1 Å². The molecule has 1 atom stereocenters. The van der Waals surface area contributed by atoms with Crippen molar-refractivity contribution >= 4 is 33.3 Å². The molecule has 1 unspecified atom stereocenters. The van der Waals surface area contributed by atoms with Gasteiger partial charge in [0.2, 0.25) is 5.91 Å². The number of piperazine rings is 1. The summed E-state index contributed by atoms with van der Waals surface area (Å²) in [7, 11) is -3.59. The van der Waals surface area contributed by atoms with Crippen LogP contribution in [-0.4, -0.2) is 73.7 Å². The molecule has 2 aliphatic rings. The summed E-state index contributed by atoms with van der Waals surface area (Å²) in [5, 5.41) is 1.76. The smallest absolute Gasteiger partial charge is 0.253 e. The highest BCUT2D eigenvalue weighted by molar-refractivity contribution is 7.91. The van der Waals surface area contributed by atoms with Crippen LogP contribution in [0.25, 0.3) is 6.08 Å². The SMILES string of the molecule is O=C(C1CCCN1S(=O)(=O)c1cccs1)N1CCN(C/C=C/c2ccccc2)CC1. The first kappa shape index (κ1) is 21.2. The third-order valence-corrected chi connectivity index (χ3v) is 8.99. The number of carbonyl (C=O) groups excluding carboxylic acids is 1. The highest BCUT2D eigenvalue weighted by atomic mass is 32.2. The Hall–Kier alpha value is -2.00. The maximum atomic E-state index is 13.1. The fraction of sp³-hybridized carbons (Fsp3) is 0.409. The van der Waals surface area contributed by atoms with E-state index < -0.39 is 16.1 Å². The molecule has 3 heterocycles. The summed E-state index contributed by atoms with van der Waals surface area (Å²) in [6, 6.07) is 13.0. The first-order valence-corrected chi connectivity index (χ1v) is 12.7. The summed E-state index contributed by atoms with van der Waals surface area (Å²) in [4.78, 5) is 17.3. The zero-order valence-electron chi connectivity index (χ0n) is 16.9. The molecule has 0 N–H and O–H groups in total. The van der Waals surface area contributed by atoms with Gasteiger partial charge >= 0.3 is 0 Å². The first-order chi connectivity index (χ1) is 14.6. The summed E-state index contributed by atoms with van der Waals surface area (Å²) < 4.78 is 27.6. The van der Waals surface area contributed by atoms with Crippen LogP contribution in [0, 0.1) is 0 Å². The summed E-state index contributed by atoms with van der Waals surface area (Å²) in [6.07, 6.45) is 5.59. The second-order valence-electron chi connectivity index (χ2n) is 7.64. The molecule has 2 fully saturated rings. The van der Waals surface area contributed by atoms with Gasteiger partial charge in [0.15, 0.2) is 0 Å². The van der Waals surface area contributed by atoms with Crippen LogP contribution >= 0.6 is 11.3 Å². The van der Waals surface area contributed by atoms with Gasteiger partial charge in [0.25, 0.3) is 10.0 Å². The van der Waals surface area contributed by atoms with Crippen molar-refractivity contribution in [2.24, 2.45) is 0 Å². The highest BCUT2D eigenvalue weighted by Gasteiger charge is 2.41. The number of thiophene rings is 1. The van der Waals surface area contributed by atoms with Gasteiger partial charge in [-0.15, -0.1) is 11.3 Å². The van der Waals surface area contributed by atoms with Gasteiger partial charge in [0.1, 0.15) is 10.3 Å². The number of hydrogen-bond donors (Lipinski definition) is 0. The van der Waals surface area contributed by atoms with Crippen LogP contribution < -0.4 is 0 Å². The van der Waals surface area contributed by atoms with Crippen LogP contribution in [-0.2, 0) is 14.8 Å². The van der Waals surface area contributed by atoms with Crippen molar-refractivity contribution in [1.29, 1.82) is 0 Å². The zero-order valence-corrected chi connectivity index (χ0v) is 18.5. The molecule has 30 heavy (non-hydrogen) atoms. The van der Waals surface area contributed by atoms with Crippen molar-refractivity contribution in [3.05, 3.63) is 59.5 Å². The molecule has 8 heteroatoms. The minimum absolute atomic E-state index is 0.0490. The molecular formula is C22H27N3O3S2. The van der Waals surface area contributed by atoms with Gasteiger partial charge in [-0.3, -0.25) is 9.69 Å². The molecule has 1 aromatic carbocycles. The van der Waals surface area contributed by atoms with Crippen LogP contribution in [0.5, 0.6) is 0 Å². The van der Waals surface area contributed by atoms with E-state index in [-0.39, 0.29) is 5.91 Å². The van der Waals surface area contributed by atoms with E-state index in [0.717, 1.165) is 26.1 Å². The minimum Gasteiger partial charge on any atom is -0.339 e. The topological polar surface area (TPSA) is 60.9 Å². The van der Waals surface area contributed by atoms with Crippen LogP contribution in [0.4, 0.5) is 0 Å². The van der Waals surface area contributed by atoms with E-state index in [1.807, 2.05) is 23.1 Å². The monoisotopic (exact) mass is 445 g/mol. The molecule has 2 aromatic rings. The van der Waals surface area contributed by atoms with E-state index in [4.69, 9.17) is 0 Å². The Morgan fingerprint density at radius 3 is 2.50 bits per heavy atom. The van der Waals surface area contributed by atoms with E-state index >= 15 is 0 Å². The van der Waals surface area contributed by atoms with Gasteiger partial charge in [-0.1, -0.05) is 48.6 Å². The molecule has 0 aliphatic carbocycles. The number of carbonyl (C=O) groups is 1. The van der Waals surface area contributed by atoms with Crippen LogP contribution in [0.1, 0.15) is 18.4 Å². The Bertz CT molecular complexity index is 966. The fourth-order valence-corrected chi connectivity index (χ4v) is 6.83. The number of hydrogen-bond acceptors (Lipinski definition) is 5. The highest BCUT2D eigenvalue weighted by Crippen LogP contribution is 2.29. The number of benzene rings is 1. The van der Waals surface area contributed by atoms with Crippen molar-refractivity contribution in [2.75, 3.05) is 39.3 Å². The molecule has 160 valence electrons. The van der Waals surface area contributed by atoms with Crippen LogP contribution in [0.3, 0.4) is 0 Å². The van der Waals surface area contributed by atoms with Gasteiger partial charge < -0.3 is 4.90 Å². The molecular weight excluding hydrogens is 418 g/mol. The summed E-state index contributed by atoms with van der Waals surface area (Å²) >= 11 is 1.20. The van der Waals surface area contributed by atoms with Crippen molar-refractivity contribution < 1.29 is 13.2 Å². The van der Waals surface area contributed by atoms with E-state index in [1.165, 1.54) is 21.2 Å². The van der Waals surface area contributed by atoms with Crippen molar-refractivity contribution in [3.8, 4) is 0 Å². The molecule has 6 nitrogen and oxygen atoms in total. The van der Waals surface area contributed by atoms with Gasteiger partial charge in [-0.05, 0) is 29.9 Å². The van der Waals surface area contributed by atoms with Crippen molar-refractivity contribution in [3.63, 3.8) is 0 Å². The average molecular weight is 446 g/mol. The lowest BCUT2D eigenvalue weighted by Crippen LogP contribution is -2.54. The fourth-order valence-electron chi connectivity index (χ4n) is 4.06. The third kappa shape index (κ3) is 4.67. The zero-order chi connectivity index (χ0) is 21.0. The Labute approximate surface area is 182 Å². The lowest BCUT2D eigenvalue weighted by atomic mass is 10.2. The predicted octanol–water partition coefficient (Wildman–Crippen LogP) is 2.76. The number of rotatable bonds is 6. The second kappa shape index (κ2) is 9.43. The molecule has 1 amide bonds. The predicted molar refractivity (Wildman–Crippen MR) is 120 cm³/mol. The lowest BCUT2D eigenvalue weighted by molar-refractivity contribution is -0.136. The average Bonchev–Trinajstić information content (AvgIpc) is 3.47. The molecule has 0 radical (unpaired) electrons. The van der Waals surface area contributed by atoms with Crippen molar-refractivity contribution in [2.45, 2.75) is 23.1 Å². The Kier molecular flexibility index (Phi) is 6.67. The first-order valence-electron chi connectivity index (χ1n) is 10.3. The molecule has 2 aliphatic heterocycles. The van der Waals surface area contributed by atoms with E-state index in [1.54, 1.807) is 17.5 Å². The van der Waals surface area contributed by atoms with Crippen LogP contribution in [0.2, 0.25) is 0 Å². The maximum absolute atomic E-state index is 13.1. The number of nitrogens with zero attached hydrogens (tertiary/aromatic N) is 3. The minimum atomic E-state index is -3.59. The molecule has 0 spiro atoms. The maximum Gasteiger partial charge on any atom is 0.253 e. The van der Waals surface area contributed by atoms with Gasteiger partial charge in [0.05, 0.1) is 0 Å². The van der Waals surface area contributed by atoms with Gasteiger partial charge in [-0.25, -0.2) is 8.42 Å². The summed E-state index contributed by atoms with van der Waals surface area (Å²) in [5.74, 6) is -0.0490. The number of sulfonamides is 1. The molecule has 4 rings (SSSR count). The quantitative estimate of drug-likeness (QED) is 0.686. The van der Waals surface area contributed by atoms with Gasteiger partial charge in [0, 0.05) is 39.3 Å². The molecule has 2 saturated heterocycles. The Morgan fingerprint density at radius 1 is 1.03 bits per heavy atom. The van der Waals surface area contributed by atoms with E-state index in [9.17, 15) is 13.2 Å². The van der Waals surface area contributed by atoms with Crippen LogP contribution in [0.15, 0.2) is 58.1 Å².